The van der Waals surface area contributed by atoms with Crippen LogP contribution in [-0.2, 0) is 13.1 Å². The Balaban J connectivity index is 1.98. The van der Waals surface area contributed by atoms with Crippen molar-refractivity contribution in [1.82, 2.24) is 14.9 Å². The predicted octanol–water partition coefficient (Wildman–Crippen LogP) is 2.89. The smallest absolute Gasteiger partial charge is 0.123 e. The number of nitrogens with zero attached hydrogens (tertiary/aromatic N) is 2. The van der Waals surface area contributed by atoms with Gasteiger partial charge >= 0.3 is 0 Å². The fraction of sp³-hybridized carbons (Fsp3) is 0.357. The van der Waals surface area contributed by atoms with E-state index in [4.69, 9.17) is 0 Å². The van der Waals surface area contributed by atoms with Crippen LogP contribution in [0.15, 0.2) is 36.7 Å². The van der Waals surface area contributed by atoms with Gasteiger partial charge in [-0.15, -0.1) is 0 Å². The summed E-state index contributed by atoms with van der Waals surface area (Å²) in [5.74, 6) is 0.803. The van der Waals surface area contributed by atoms with Gasteiger partial charge in [0.25, 0.3) is 0 Å². The number of benzene rings is 1. The molecule has 0 saturated carbocycles. The molecule has 96 valence electrons. The van der Waals surface area contributed by atoms with Crippen molar-refractivity contribution in [2.24, 2.45) is 0 Å². The first kappa shape index (κ1) is 12.8. The summed E-state index contributed by atoms with van der Waals surface area (Å²) in [7, 11) is 0. The van der Waals surface area contributed by atoms with Crippen molar-refractivity contribution in [2.75, 3.05) is 0 Å². The Morgan fingerprint density at radius 3 is 3.00 bits per heavy atom. The second kappa shape index (κ2) is 5.78. The third-order valence-corrected chi connectivity index (χ3v) is 3.06. The van der Waals surface area contributed by atoms with Gasteiger partial charge < -0.3 is 9.88 Å². The standard InChI is InChI=1S/C14H18FN3/c1-3-18-8-7-16-14(18)10-17-11(2)12-5-4-6-13(15)9-12/h4-9,11,17H,3,10H2,1-2H3/t11-/m1/s1. The number of nitrogens with one attached hydrogen (secondary N) is 1. The SMILES string of the molecule is CCn1ccnc1CN[C@H](C)c1cccc(F)c1. The van der Waals surface area contributed by atoms with E-state index in [9.17, 15) is 4.39 Å². The molecular weight excluding hydrogens is 229 g/mol. The van der Waals surface area contributed by atoms with Gasteiger partial charge in [-0.2, -0.15) is 0 Å². The normalized spacial score (nSPS) is 12.6. The van der Waals surface area contributed by atoms with Crippen molar-refractivity contribution >= 4 is 0 Å². The van der Waals surface area contributed by atoms with Crippen LogP contribution in [0, 0.1) is 5.82 Å². The highest BCUT2D eigenvalue weighted by Gasteiger charge is 2.07. The highest BCUT2D eigenvalue weighted by atomic mass is 19.1. The van der Waals surface area contributed by atoms with E-state index in [-0.39, 0.29) is 11.9 Å². The van der Waals surface area contributed by atoms with Gasteiger partial charge in [-0.3, -0.25) is 0 Å². The topological polar surface area (TPSA) is 29.9 Å². The molecule has 0 saturated heterocycles. The number of hydrogen-bond acceptors (Lipinski definition) is 2. The van der Waals surface area contributed by atoms with Crippen LogP contribution in [0.1, 0.15) is 31.3 Å². The fourth-order valence-electron chi connectivity index (χ4n) is 1.93. The third kappa shape index (κ3) is 2.96. The van der Waals surface area contributed by atoms with Gasteiger partial charge in [0.05, 0.1) is 6.54 Å². The summed E-state index contributed by atoms with van der Waals surface area (Å²) in [5, 5.41) is 3.35. The number of aryl methyl sites for hydroxylation is 1. The highest BCUT2D eigenvalue weighted by molar-refractivity contribution is 5.19. The molecule has 4 heteroatoms. The molecule has 18 heavy (non-hydrogen) atoms. The van der Waals surface area contributed by atoms with Crippen molar-refractivity contribution < 1.29 is 4.39 Å². The Kier molecular flexibility index (Phi) is 4.10. The molecule has 2 aromatic rings. The molecule has 0 amide bonds. The summed E-state index contributed by atoms with van der Waals surface area (Å²) in [6, 6.07) is 6.77. The lowest BCUT2D eigenvalue weighted by Crippen LogP contribution is -2.20. The molecular formula is C14H18FN3. The number of imidazole rings is 1. The lowest BCUT2D eigenvalue weighted by molar-refractivity contribution is 0.535. The molecule has 1 atom stereocenters. The Labute approximate surface area is 107 Å². The molecule has 0 aliphatic rings. The van der Waals surface area contributed by atoms with E-state index in [0.717, 1.165) is 17.9 Å². The highest BCUT2D eigenvalue weighted by Crippen LogP contribution is 2.14. The van der Waals surface area contributed by atoms with E-state index in [0.29, 0.717) is 6.54 Å². The molecule has 1 aromatic heterocycles. The molecule has 1 heterocycles. The maximum absolute atomic E-state index is 13.1. The minimum Gasteiger partial charge on any atom is -0.334 e. The zero-order valence-corrected chi connectivity index (χ0v) is 10.7. The second-order valence-corrected chi connectivity index (χ2v) is 4.29. The van der Waals surface area contributed by atoms with Crippen LogP contribution in [0.3, 0.4) is 0 Å². The maximum Gasteiger partial charge on any atom is 0.123 e. The van der Waals surface area contributed by atoms with Crippen molar-refractivity contribution in [2.45, 2.75) is 33.0 Å². The molecule has 0 aliphatic heterocycles. The lowest BCUT2D eigenvalue weighted by atomic mass is 10.1. The van der Waals surface area contributed by atoms with Gasteiger partial charge in [-0.25, -0.2) is 9.37 Å². The number of rotatable bonds is 5. The second-order valence-electron chi connectivity index (χ2n) is 4.29. The van der Waals surface area contributed by atoms with Gasteiger partial charge in [0, 0.05) is 25.0 Å². The van der Waals surface area contributed by atoms with Crippen molar-refractivity contribution in [1.29, 1.82) is 0 Å². The van der Waals surface area contributed by atoms with Gasteiger partial charge in [-0.05, 0) is 31.5 Å². The summed E-state index contributed by atoms with van der Waals surface area (Å²) >= 11 is 0. The molecule has 1 aromatic carbocycles. The summed E-state index contributed by atoms with van der Waals surface area (Å²) in [5.41, 5.74) is 0.949. The Hall–Kier alpha value is -1.68. The van der Waals surface area contributed by atoms with Crippen LogP contribution in [0.4, 0.5) is 4.39 Å². The Morgan fingerprint density at radius 1 is 1.44 bits per heavy atom. The molecule has 0 bridgehead atoms. The maximum atomic E-state index is 13.1. The number of aromatic nitrogens is 2. The average Bonchev–Trinajstić information content (AvgIpc) is 2.83. The third-order valence-electron chi connectivity index (χ3n) is 3.06. The van der Waals surface area contributed by atoms with E-state index in [1.165, 1.54) is 6.07 Å². The molecule has 0 fully saturated rings. The monoisotopic (exact) mass is 247 g/mol. The summed E-state index contributed by atoms with van der Waals surface area (Å²) in [6.45, 7) is 5.69. The molecule has 2 rings (SSSR count). The Morgan fingerprint density at radius 2 is 2.28 bits per heavy atom. The average molecular weight is 247 g/mol. The van der Waals surface area contributed by atoms with Crippen molar-refractivity contribution in [3.63, 3.8) is 0 Å². The summed E-state index contributed by atoms with van der Waals surface area (Å²) < 4.78 is 15.2. The first-order valence-corrected chi connectivity index (χ1v) is 6.19. The van der Waals surface area contributed by atoms with Gasteiger partial charge in [-0.1, -0.05) is 12.1 Å². The van der Waals surface area contributed by atoms with Gasteiger partial charge in [0.15, 0.2) is 0 Å². The van der Waals surface area contributed by atoms with Gasteiger partial charge in [0.1, 0.15) is 11.6 Å². The van der Waals surface area contributed by atoms with E-state index < -0.39 is 0 Å². The molecule has 3 nitrogen and oxygen atoms in total. The van der Waals surface area contributed by atoms with Crippen LogP contribution in [0.25, 0.3) is 0 Å². The van der Waals surface area contributed by atoms with E-state index in [2.05, 4.69) is 21.8 Å². The lowest BCUT2D eigenvalue weighted by Gasteiger charge is -2.14. The van der Waals surface area contributed by atoms with Crippen LogP contribution in [-0.4, -0.2) is 9.55 Å². The Bertz CT molecular complexity index is 507. The number of halogens is 1. The van der Waals surface area contributed by atoms with Crippen molar-refractivity contribution in [3.05, 3.63) is 53.9 Å². The minimum absolute atomic E-state index is 0.0997. The summed E-state index contributed by atoms with van der Waals surface area (Å²) in [6.07, 6.45) is 3.76. The van der Waals surface area contributed by atoms with Crippen LogP contribution >= 0.6 is 0 Å². The first-order chi connectivity index (χ1) is 8.70. The largest absolute Gasteiger partial charge is 0.334 e. The zero-order chi connectivity index (χ0) is 13.0. The van der Waals surface area contributed by atoms with Crippen LogP contribution in [0.2, 0.25) is 0 Å². The van der Waals surface area contributed by atoms with E-state index >= 15 is 0 Å². The van der Waals surface area contributed by atoms with Crippen LogP contribution < -0.4 is 5.32 Å². The zero-order valence-electron chi connectivity index (χ0n) is 10.7. The van der Waals surface area contributed by atoms with Crippen LogP contribution in [0.5, 0.6) is 0 Å². The minimum atomic E-state index is -0.198. The molecule has 0 aliphatic carbocycles. The molecule has 1 N–H and O–H groups in total. The predicted molar refractivity (Wildman–Crippen MR) is 69.6 cm³/mol. The molecule has 0 spiro atoms. The summed E-state index contributed by atoms with van der Waals surface area (Å²) in [4.78, 5) is 4.30. The molecule has 0 radical (unpaired) electrons. The quantitative estimate of drug-likeness (QED) is 0.880. The van der Waals surface area contributed by atoms with Crippen molar-refractivity contribution in [3.8, 4) is 0 Å². The molecule has 0 unspecified atom stereocenters. The first-order valence-electron chi connectivity index (χ1n) is 6.19. The number of hydrogen-bond donors (Lipinski definition) is 1. The van der Waals surface area contributed by atoms with E-state index in [1.54, 1.807) is 18.3 Å². The van der Waals surface area contributed by atoms with E-state index in [1.807, 2.05) is 19.2 Å². The fourth-order valence-corrected chi connectivity index (χ4v) is 1.93. The van der Waals surface area contributed by atoms with Gasteiger partial charge in [0.2, 0.25) is 0 Å².